The van der Waals surface area contributed by atoms with E-state index in [2.05, 4.69) is 5.32 Å². The van der Waals surface area contributed by atoms with Gasteiger partial charge in [0.15, 0.2) is 17.5 Å². The van der Waals surface area contributed by atoms with Crippen LogP contribution in [-0.2, 0) is 4.79 Å². The minimum Gasteiger partial charge on any atom is -0.325 e. The molecule has 94 valence electrons. The van der Waals surface area contributed by atoms with Crippen molar-refractivity contribution in [1.82, 2.24) is 0 Å². The molecule has 2 nitrogen and oxygen atoms in total. The van der Waals surface area contributed by atoms with Gasteiger partial charge in [-0.15, -0.1) is 11.6 Å². The fourth-order valence-corrected chi connectivity index (χ4v) is 1.11. The molecule has 0 saturated carbocycles. The van der Waals surface area contributed by atoms with Gasteiger partial charge in [-0.2, -0.15) is 0 Å². The molecule has 0 spiro atoms. The SMILES string of the molecule is CC(C)(CCl)C(=O)Nc1cc(F)c(F)c(F)c1. The number of carbonyl (C=O) groups excluding carboxylic acids is 1. The predicted molar refractivity (Wildman–Crippen MR) is 59.4 cm³/mol. The van der Waals surface area contributed by atoms with E-state index in [9.17, 15) is 18.0 Å². The number of benzene rings is 1. The zero-order valence-electron chi connectivity index (χ0n) is 9.28. The van der Waals surface area contributed by atoms with Crippen LogP contribution in [0.3, 0.4) is 0 Å². The molecule has 0 aliphatic rings. The van der Waals surface area contributed by atoms with Gasteiger partial charge in [-0.25, -0.2) is 13.2 Å². The molecule has 0 unspecified atom stereocenters. The summed E-state index contributed by atoms with van der Waals surface area (Å²) in [5.41, 5.74) is -1.03. The van der Waals surface area contributed by atoms with E-state index in [1.54, 1.807) is 13.8 Å². The first-order valence-electron chi connectivity index (χ1n) is 4.80. The normalized spacial score (nSPS) is 11.4. The van der Waals surface area contributed by atoms with Gasteiger partial charge in [-0.3, -0.25) is 4.79 Å². The van der Waals surface area contributed by atoms with E-state index in [-0.39, 0.29) is 11.6 Å². The zero-order chi connectivity index (χ0) is 13.2. The van der Waals surface area contributed by atoms with Gasteiger partial charge in [0.25, 0.3) is 0 Å². The molecule has 0 heterocycles. The van der Waals surface area contributed by atoms with Crippen LogP contribution in [0.2, 0.25) is 0 Å². The highest BCUT2D eigenvalue weighted by atomic mass is 35.5. The molecule has 6 heteroatoms. The molecule has 1 aromatic carbocycles. The van der Waals surface area contributed by atoms with Crippen LogP contribution in [0.25, 0.3) is 0 Å². The van der Waals surface area contributed by atoms with Crippen LogP contribution in [-0.4, -0.2) is 11.8 Å². The van der Waals surface area contributed by atoms with Gasteiger partial charge in [0.1, 0.15) is 0 Å². The molecule has 1 N–H and O–H groups in total. The molecule has 0 atom stereocenters. The lowest BCUT2D eigenvalue weighted by molar-refractivity contribution is -0.122. The minimum absolute atomic E-state index is 0.0466. The highest BCUT2D eigenvalue weighted by molar-refractivity contribution is 6.20. The summed E-state index contributed by atoms with van der Waals surface area (Å²) >= 11 is 5.57. The van der Waals surface area contributed by atoms with Gasteiger partial charge >= 0.3 is 0 Å². The summed E-state index contributed by atoms with van der Waals surface area (Å²) in [6.07, 6.45) is 0. The van der Waals surface area contributed by atoms with Gasteiger partial charge in [0.05, 0.1) is 5.41 Å². The molecular weight excluding hydrogens is 255 g/mol. The number of halogens is 4. The summed E-state index contributed by atoms with van der Waals surface area (Å²) in [4.78, 5) is 11.6. The van der Waals surface area contributed by atoms with Crippen molar-refractivity contribution in [2.45, 2.75) is 13.8 Å². The van der Waals surface area contributed by atoms with E-state index in [1.165, 1.54) is 0 Å². The number of carbonyl (C=O) groups is 1. The lowest BCUT2D eigenvalue weighted by Crippen LogP contribution is -2.32. The third kappa shape index (κ3) is 3.12. The van der Waals surface area contributed by atoms with Crippen LogP contribution in [0.15, 0.2) is 12.1 Å². The Balaban J connectivity index is 2.94. The predicted octanol–water partition coefficient (Wildman–Crippen LogP) is 3.31. The van der Waals surface area contributed by atoms with Crippen LogP contribution in [0.1, 0.15) is 13.8 Å². The Kier molecular flexibility index (Phi) is 4.03. The summed E-state index contributed by atoms with van der Waals surface area (Å²) in [5.74, 6) is -4.74. The minimum atomic E-state index is -1.57. The Hall–Kier alpha value is -1.23. The first-order valence-corrected chi connectivity index (χ1v) is 5.33. The fourth-order valence-electron chi connectivity index (χ4n) is 0.989. The Morgan fingerprint density at radius 2 is 1.76 bits per heavy atom. The van der Waals surface area contributed by atoms with Gasteiger partial charge in [-0.1, -0.05) is 0 Å². The maximum absolute atomic E-state index is 12.9. The second-order valence-electron chi connectivity index (χ2n) is 4.23. The van der Waals surface area contributed by atoms with Gasteiger partial charge in [0, 0.05) is 23.7 Å². The van der Waals surface area contributed by atoms with Gasteiger partial charge in [-0.05, 0) is 13.8 Å². The van der Waals surface area contributed by atoms with Crippen LogP contribution in [0.4, 0.5) is 18.9 Å². The second-order valence-corrected chi connectivity index (χ2v) is 4.49. The van der Waals surface area contributed by atoms with Crippen molar-refractivity contribution in [1.29, 1.82) is 0 Å². The molecule has 0 bridgehead atoms. The topological polar surface area (TPSA) is 29.1 Å². The molecule has 1 rings (SSSR count). The Labute approximate surface area is 102 Å². The average Bonchev–Trinajstić information content (AvgIpc) is 2.25. The van der Waals surface area contributed by atoms with Crippen molar-refractivity contribution in [2.75, 3.05) is 11.2 Å². The Bertz CT molecular complexity index is 425. The average molecular weight is 266 g/mol. The Morgan fingerprint density at radius 1 is 1.29 bits per heavy atom. The maximum Gasteiger partial charge on any atom is 0.231 e. The summed E-state index contributed by atoms with van der Waals surface area (Å²) in [6.45, 7) is 3.15. The van der Waals surface area contributed by atoms with Crippen LogP contribution in [0.5, 0.6) is 0 Å². The third-order valence-electron chi connectivity index (χ3n) is 2.19. The maximum atomic E-state index is 12.9. The number of nitrogens with one attached hydrogen (secondary N) is 1. The van der Waals surface area contributed by atoms with Crippen LogP contribution in [0, 0.1) is 22.9 Å². The molecule has 1 aromatic rings. The monoisotopic (exact) mass is 265 g/mol. The largest absolute Gasteiger partial charge is 0.325 e. The number of anilines is 1. The molecule has 17 heavy (non-hydrogen) atoms. The standard InChI is InChI=1S/C11H11ClF3NO/c1-11(2,5-12)10(17)16-6-3-7(13)9(15)8(14)4-6/h3-4H,5H2,1-2H3,(H,16,17). The molecule has 0 aliphatic carbocycles. The van der Waals surface area contributed by atoms with Crippen molar-refractivity contribution in [3.63, 3.8) is 0 Å². The number of alkyl halides is 1. The fraction of sp³-hybridized carbons (Fsp3) is 0.364. The highest BCUT2D eigenvalue weighted by Gasteiger charge is 2.27. The Morgan fingerprint density at radius 3 is 2.18 bits per heavy atom. The summed E-state index contributed by atoms with van der Waals surface area (Å²) < 4.78 is 38.4. The molecule has 0 aromatic heterocycles. The number of rotatable bonds is 3. The third-order valence-corrected chi connectivity index (χ3v) is 2.86. The molecule has 0 radical (unpaired) electrons. The lowest BCUT2D eigenvalue weighted by atomic mass is 9.95. The quantitative estimate of drug-likeness (QED) is 0.659. The van der Waals surface area contributed by atoms with Crippen molar-refractivity contribution >= 4 is 23.2 Å². The number of hydrogen-bond donors (Lipinski definition) is 1. The molecule has 0 saturated heterocycles. The first-order chi connectivity index (χ1) is 7.77. The van der Waals surface area contributed by atoms with Crippen molar-refractivity contribution in [3.8, 4) is 0 Å². The second kappa shape index (κ2) is 4.96. The van der Waals surface area contributed by atoms with Crippen LogP contribution < -0.4 is 5.32 Å². The van der Waals surface area contributed by atoms with E-state index < -0.39 is 28.8 Å². The first kappa shape index (κ1) is 13.8. The van der Waals surface area contributed by atoms with E-state index in [4.69, 9.17) is 11.6 Å². The van der Waals surface area contributed by atoms with Crippen molar-refractivity contribution in [3.05, 3.63) is 29.6 Å². The highest BCUT2D eigenvalue weighted by Crippen LogP contribution is 2.22. The van der Waals surface area contributed by atoms with E-state index in [0.29, 0.717) is 12.1 Å². The van der Waals surface area contributed by atoms with E-state index in [0.717, 1.165) is 0 Å². The molecular formula is C11H11ClF3NO. The lowest BCUT2D eigenvalue weighted by Gasteiger charge is -2.20. The number of amides is 1. The van der Waals surface area contributed by atoms with E-state index in [1.807, 2.05) is 0 Å². The summed E-state index contributed by atoms with van der Waals surface area (Å²) in [6, 6.07) is 1.42. The number of hydrogen-bond acceptors (Lipinski definition) is 1. The van der Waals surface area contributed by atoms with Gasteiger partial charge < -0.3 is 5.32 Å². The molecule has 0 fully saturated rings. The van der Waals surface area contributed by atoms with E-state index >= 15 is 0 Å². The smallest absolute Gasteiger partial charge is 0.231 e. The zero-order valence-corrected chi connectivity index (χ0v) is 10.0. The molecule has 0 aliphatic heterocycles. The summed E-state index contributed by atoms with van der Waals surface area (Å²) in [5, 5.41) is 2.27. The summed E-state index contributed by atoms with van der Waals surface area (Å²) in [7, 11) is 0. The van der Waals surface area contributed by atoms with Gasteiger partial charge in [0.2, 0.25) is 5.91 Å². The van der Waals surface area contributed by atoms with Crippen LogP contribution >= 0.6 is 11.6 Å². The van der Waals surface area contributed by atoms with Crippen molar-refractivity contribution < 1.29 is 18.0 Å². The van der Waals surface area contributed by atoms with Crippen molar-refractivity contribution in [2.24, 2.45) is 5.41 Å². The molecule has 1 amide bonds.